The van der Waals surface area contributed by atoms with Crippen LogP contribution < -0.4 is 5.73 Å². The summed E-state index contributed by atoms with van der Waals surface area (Å²) in [7, 11) is 0. The minimum absolute atomic E-state index is 0.0247. The molecule has 2 aromatic carbocycles. The smallest absolute Gasteiger partial charge is 0.209 e. The van der Waals surface area contributed by atoms with E-state index in [0.29, 0.717) is 0 Å². The van der Waals surface area contributed by atoms with E-state index in [2.05, 4.69) is 73.9 Å². The number of para-hydroxylation sites is 1. The minimum atomic E-state index is 0.0247. The van der Waals surface area contributed by atoms with Gasteiger partial charge < -0.3 is 5.73 Å². The van der Waals surface area contributed by atoms with Crippen molar-refractivity contribution in [3.8, 4) is 0 Å². The molecule has 112 valence electrons. The van der Waals surface area contributed by atoms with Crippen molar-refractivity contribution in [3.63, 3.8) is 0 Å². The van der Waals surface area contributed by atoms with Gasteiger partial charge in [0.1, 0.15) is 6.54 Å². The molecule has 0 bridgehead atoms. The number of allylic oxidation sites excluding steroid dienone is 1. The average molecular weight is 291 g/mol. The Hall–Kier alpha value is -2.35. The second-order valence-electron chi connectivity index (χ2n) is 6.27. The Morgan fingerprint density at radius 2 is 1.68 bits per heavy atom. The van der Waals surface area contributed by atoms with Crippen molar-refractivity contribution < 1.29 is 4.58 Å². The normalized spacial score (nSPS) is 16.3. The molecule has 1 heterocycles. The van der Waals surface area contributed by atoms with E-state index in [0.717, 1.165) is 12.2 Å². The summed E-state index contributed by atoms with van der Waals surface area (Å²) in [5.41, 5.74) is 11.8. The number of nitrogens with zero attached hydrogens (tertiary/aromatic N) is 1. The van der Waals surface area contributed by atoms with Crippen LogP contribution in [0.4, 0.5) is 11.4 Å². The quantitative estimate of drug-likeness (QED) is 0.660. The van der Waals surface area contributed by atoms with E-state index < -0.39 is 0 Å². The molecule has 0 aromatic heterocycles. The average Bonchev–Trinajstić information content (AvgIpc) is 2.74. The third-order valence-corrected chi connectivity index (χ3v) is 4.49. The molecule has 0 unspecified atom stereocenters. The summed E-state index contributed by atoms with van der Waals surface area (Å²) in [6.07, 6.45) is 4.42. The molecule has 0 spiro atoms. The summed E-state index contributed by atoms with van der Waals surface area (Å²) in [5.74, 6) is 0. The van der Waals surface area contributed by atoms with E-state index in [1.54, 1.807) is 0 Å². The van der Waals surface area contributed by atoms with Crippen LogP contribution in [0.25, 0.3) is 6.08 Å². The number of nitrogen functional groups attached to an aromatic ring is 1. The maximum Gasteiger partial charge on any atom is 0.209 e. The standard InChI is InChI=1S/C20H22N2/c1-4-22-18-8-6-5-7-17(18)20(2,3)19(22)14-11-15-9-12-16(21)13-10-15/h5-14,21H,4H2,1-3H3/p+1. The molecule has 0 radical (unpaired) electrons. The highest BCUT2D eigenvalue weighted by atomic mass is 15.0. The molecule has 0 atom stereocenters. The number of hydrogen-bond donors (Lipinski definition) is 1. The molecule has 2 heteroatoms. The highest BCUT2D eigenvalue weighted by Gasteiger charge is 2.43. The van der Waals surface area contributed by atoms with Crippen LogP contribution in [0.3, 0.4) is 0 Å². The van der Waals surface area contributed by atoms with E-state index >= 15 is 0 Å². The third kappa shape index (κ3) is 2.35. The summed E-state index contributed by atoms with van der Waals surface area (Å²) in [5, 5.41) is 0. The Kier molecular flexibility index (Phi) is 3.61. The summed E-state index contributed by atoms with van der Waals surface area (Å²) in [6.45, 7) is 7.77. The molecular formula is C20H23N2+. The van der Waals surface area contributed by atoms with Crippen LogP contribution in [0.15, 0.2) is 54.6 Å². The lowest BCUT2D eigenvalue weighted by Gasteiger charge is -2.15. The van der Waals surface area contributed by atoms with Gasteiger partial charge in [0.05, 0.1) is 5.41 Å². The molecule has 1 aliphatic heterocycles. The zero-order valence-electron chi connectivity index (χ0n) is 13.5. The zero-order chi connectivity index (χ0) is 15.7. The Bertz CT molecular complexity index is 750. The maximum atomic E-state index is 5.75. The van der Waals surface area contributed by atoms with E-state index in [-0.39, 0.29) is 5.41 Å². The van der Waals surface area contributed by atoms with Gasteiger partial charge >= 0.3 is 0 Å². The number of rotatable bonds is 3. The van der Waals surface area contributed by atoms with Crippen LogP contribution in [-0.4, -0.2) is 16.8 Å². The highest BCUT2D eigenvalue weighted by Crippen LogP contribution is 2.39. The third-order valence-electron chi connectivity index (χ3n) is 4.49. The first-order valence-corrected chi connectivity index (χ1v) is 7.82. The number of benzene rings is 2. The first-order chi connectivity index (χ1) is 10.5. The van der Waals surface area contributed by atoms with Crippen molar-refractivity contribution >= 4 is 23.2 Å². The van der Waals surface area contributed by atoms with Gasteiger partial charge in [-0.3, -0.25) is 0 Å². The van der Waals surface area contributed by atoms with Gasteiger partial charge in [-0.25, -0.2) is 0 Å². The molecule has 2 nitrogen and oxygen atoms in total. The molecule has 2 aromatic rings. The van der Waals surface area contributed by atoms with Crippen LogP contribution in [0.1, 0.15) is 31.9 Å². The Labute approximate surface area is 132 Å². The first kappa shape index (κ1) is 14.6. The van der Waals surface area contributed by atoms with E-state index in [1.807, 2.05) is 12.1 Å². The molecular weight excluding hydrogens is 268 g/mol. The van der Waals surface area contributed by atoms with Crippen molar-refractivity contribution in [2.45, 2.75) is 26.2 Å². The van der Waals surface area contributed by atoms with Gasteiger partial charge in [-0.15, -0.1) is 0 Å². The number of hydrogen-bond acceptors (Lipinski definition) is 1. The summed E-state index contributed by atoms with van der Waals surface area (Å²) in [4.78, 5) is 0. The minimum Gasteiger partial charge on any atom is -0.399 e. The van der Waals surface area contributed by atoms with Crippen LogP contribution >= 0.6 is 0 Å². The molecule has 0 amide bonds. The second kappa shape index (κ2) is 5.45. The lowest BCUT2D eigenvalue weighted by molar-refractivity contribution is -0.433. The SMILES string of the molecule is CC[N+]1=C(C=Cc2ccc(N)cc2)C(C)(C)c2ccccc21. The Morgan fingerprint density at radius 3 is 2.36 bits per heavy atom. The molecule has 3 rings (SSSR count). The second-order valence-corrected chi connectivity index (χ2v) is 6.27. The summed E-state index contributed by atoms with van der Waals surface area (Å²) < 4.78 is 2.41. The molecule has 0 saturated heterocycles. The van der Waals surface area contributed by atoms with E-state index in [1.165, 1.54) is 22.5 Å². The Morgan fingerprint density at radius 1 is 1.00 bits per heavy atom. The zero-order valence-corrected chi connectivity index (χ0v) is 13.5. The van der Waals surface area contributed by atoms with Crippen LogP contribution in [0.5, 0.6) is 0 Å². The van der Waals surface area contributed by atoms with Crippen LogP contribution in [-0.2, 0) is 5.41 Å². The fraction of sp³-hybridized carbons (Fsp3) is 0.250. The molecule has 0 fully saturated rings. The van der Waals surface area contributed by atoms with Gasteiger partial charge in [-0.1, -0.05) is 30.3 Å². The summed E-state index contributed by atoms with van der Waals surface area (Å²) in [6, 6.07) is 16.7. The monoisotopic (exact) mass is 291 g/mol. The lowest BCUT2D eigenvalue weighted by Crippen LogP contribution is -2.27. The number of anilines is 1. The fourth-order valence-electron chi connectivity index (χ4n) is 3.26. The van der Waals surface area contributed by atoms with Gasteiger partial charge in [0.2, 0.25) is 5.69 Å². The number of nitrogens with two attached hydrogens (primary N) is 1. The van der Waals surface area contributed by atoms with E-state index in [4.69, 9.17) is 5.73 Å². The predicted octanol–water partition coefficient (Wildman–Crippen LogP) is 4.38. The molecule has 1 aliphatic rings. The van der Waals surface area contributed by atoms with Crippen LogP contribution in [0, 0.1) is 0 Å². The van der Waals surface area contributed by atoms with Crippen molar-refractivity contribution in [3.05, 3.63) is 65.7 Å². The number of fused-ring (bicyclic) bond motifs is 1. The maximum absolute atomic E-state index is 5.75. The lowest BCUT2D eigenvalue weighted by atomic mass is 9.81. The van der Waals surface area contributed by atoms with Crippen molar-refractivity contribution in [1.82, 2.24) is 0 Å². The topological polar surface area (TPSA) is 29.0 Å². The molecule has 0 aliphatic carbocycles. The highest BCUT2D eigenvalue weighted by molar-refractivity contribution is 6.05. The largest absolute Gasteiger partial charge is 0.399 e. The fourth-order valence-corrected chi connectivity index (χ4v) is 3.26. The van der Waals surface area contributed by atoms with E-state index in [9.17, 15) is 0 Å². The summed E-state index contributed by atoms with van der Waals surface area (Å²) >= 11 is 0. The van der Waals surface area contributed by atoms with Crippen molar-refractivity contribution in [2.24, 2.45) is 0 Å². The molecule has 2 N–H and O–H groups in total. The molecule has 0 saturated carbocycles. The van der Waals surface area contributed by atoms with Gasteiger partial charge in [0.15, 0.2) is 5.71 Å². The van der Waals surface area contributed by atoms with Gasteiger partial charge in [-0.2, -0.15) is 4.58 Å². The molecule has 22 heavy (non-hydrogen) atoms. The van der Waals surface area contributed by atoms with Crippen molar-refractivity contribution in [2.75, 3.05) is 12.3 Å². The van der Waals surface area contributed by atoms with Crippen LogP contribution in [0.2, 0.25) is 0 Å². The van der Waals surface area contributed by atoms with Gasteiger partial charge in [0, 0.05) is 23.4 Å². The first-order valence-electron chi connectivity index (χ1n) is 7.82. The predicted molar refractivity (Wildman–Crippen MR) is 94.8 cm³/mol. The Balaban J connectivity index is 2.03. The van der Waals surface area contributed by atoms with Crippen molar-refractivity contribution in [1.29, 1.82) is 0 Å². The van der Waals surface area contributed by atoms with Gasteiger partial charge in [0.25, 0.3) is 0 Å². The van der Waals surface area contributed by atoms with Gasteiger partial charge in [-0.05, 0) is 44.5 Å².